The highest BCUT2D eigenvalue weighted by atomic mass is 79.9. The van der Waals surface area contributed by atoms with Crippen molar-refractivity contribution in [3.8, 4) is 17.2 Å². The Kier molecular flexibility index (Phi) is 6.20. The molecule has 0 saturated heterocycles. The van der Waals surface area contributed by atoms with Gasteiger partial charge in [0.15, 0.2) is 11.5 Å². The number of phenolic OH excluding ortho intramolecular Hbond substituents is 1. The van der Waals surface area contributed by atoms with Crippen LogP contribution in [0.25, 0.3) is 0 Å². The lowest BCUT2D eigenvalue weighted by Crippen LogP contribution is -2.17. The number of nitrogens with one attached hydrogen (secondary N) is 1. The van der Waals surface area contributed by atoms with Gasteiger partial charge in [-0.15, -0.1) is 0 Å². The Morgan fingerprint density at radius 1 is 1.29 bits per heavy atom. The van der Waals surface area contributed by atoms with Crippen molar-refractivity contribution in [2.24, 2.45) is 5.10 Å². The van der Waals surface area contributed by atoms with Crippen LogP contribution in [0.1, 0.15) is 22.8 Å². The smallest absolute Gasteiger partial charge is 0.271 e. The Hall–Kier alpha value is -2.54. The van der Waals surface area contributed by atoms with E-state index in [1.165, 1.54) is 19.4 Å². The van der Waals surface area contributed by atoms with Crippen molar-refractivity contribution in [1.29, 1.82) is 0 Å². The number of nitrogens with zero attached hydrogens (tertiary/aromatic N) is 1. The molecule has 0 radical (unpaired) electrons. The van der Waals surface area contributed by atoms with Crippen LogP contribution >= 0.6 is 15.9 Å². The van der Waals surface area contributed by atoms with E-state index in [2.05, 4.69) is 26.5 Å². The lowest BCUT2D eigenvalue weighted by Gasteiger charge is -2.10. The lowest BCUT2D eigenvalue weighted by atomic mass is 10.2. The minimum atomic E-state index is -0.370. The normalized spacial score (nSPS) is 10.6. The maximum atomic E-state index is 12.1. The standard InChI is InChI=1S/C17H17BrN2O4/c1-3-24-15-7-5-12(9-16(15)23-2)17(22)20-19-10-11-4-6-14(21)13(18)8-11/h4-10,21H,3H2,1-2H3,(H,20,22)/b19-10+. The maximum Gasteiger partial charge on any atom is 0.271 e. The van der Waals surface area contributed by atoms with Crippen LogP contribution in [0, 0.1) is 0 Å². The summed E-state index contributed by atoms with van der Waals surface area (Å²) >= 11 is 3.21. The van der Waals surface area contributed by atoms with Gasteiger partial charge in [-0.05, 0) is 64.8 Å². The molecule has 2 aromatic rings. The third-order valence-corrected chi connectivity index (χ3v) is 3.71. The molecule has 0 saturated carbocycles. The van der Waals surface area contributed by atoms with Gasteiger partial charge in [-0.25, -0.2) is 5.43 Å². The Bertz CT molecular complexity index is 762. The molecule has 7 heteroatoms. The van der Waals surface area contributed by atoms with Crippen LogP contribution < -0.4 is 14.9 Å². The molecule has 0 atom stereocenters. The van der Waals surface area contributed by atoms with Crippen LogP contribution in [0.4, 0.5) is 0 Å². The molecule has 24 heavy (non-hydrogen) atoms. The summed E-state index contributed by atoms with van der Waals surface area (Å²) in [4.78, 5) is 12.1. The number of carbonyl (C=O) groups is 1. The van der Waals surface area contributed by atoms with E-state index in [0.717, 1.165) is 5.56 Å². The number of benzene rings is 2. The van der Waals surface area contributed by atoms with Crippen LogP contribution in [0.3, 0.4) is 0 Å². The van der Waals surface area contributed by atoms with Gasteiger partial charge in [0.25, 0.3) is 5.91 Å². The number of aromatic hydroxyl groups is 1. The maximum absolute atomic E-state index is 12.1. The predicted octanol–water partition coefficient (Wildman–Crippen LogP) is 3.33. The summed E-state index contributed by atoms with van der Waals surface area (Å²) in [6.07, 6.45) is 1.48. The number of amides is 1. The molecule has 0 aliphatic heterocycles. The van der Waals surface area contributed by atoms with Crippen molar-refractivity contribution in [3.63, 3.8) is 0 Å². The van der Waals surface area contributed by atoms with E-state index in [4.69, 9.17) is 9.47 Å². The van der Waals surface area contributed by atoms with Crippen molar-refractivity contribution >= 4 is 28.1 Å². The van der Waals surface area contributed by atoms with Crippen LogP contribution in [0.2, 0.25) is 0 Å². The van der Waals surface area contributed by atoms with Crippen LogP contribution in [-0.4, -0.2) is 30.9 Å². The molecule has 126 valence electrons. The van der Waals surface area contributed by atoms with Gasteiger partial charge in [0.1, 0.15) is 5.75 Å². The average Bonchev–Trinajstić information content (AvgIpc) is 2.58. The van der Waals surface area contributed by atoms with Gasteiger partial charge in [0, 0.05) is 5.56 Å². The summed E-state index contributed by atoms with van der Waals surface area (Å²) in [7, 11) is 1.51. The first-order valence-corrected chi connectivity index (χ1v) is 7.97. The number of hydrazone groups is 1. The fourth-order valence-corrected chi connectivity index (χ4v) is 2.31. The third kappa shape index (κ3) is 4.48. The summed E-state index contributed by atoms with van der Waals surface area (Å²) in [5.41, 5.74) is 3.57. The number of phenols is 1. The molecule has 0 bridgehead atoms. The van der Waals surface area contributed by atoms with Crippen molar-refractivity contribution < 1.29 is 19.4 Å². The first-order chi connectivity index (χ1) is 11.5. The monoisotopic (exact) mass is 392 g/mol. The SMILES string of the molecule is CCOc1ccc(C(=O)N/N=C/c2ccc(O)c(Br)c2)cc1OC. The molecule has 2 rings (SSSR count). The number of halogens is 1. The molecule has 1 amide bonds. The highest BCUT2D eigenvalue weighted by Gasteiger charge is 2.10. The summed E-state index contributed by atoms with van der Waals surface area (Å²) < 4.78 is 11.2. The molecule has 0 aromatic heterocycles. The Morgan fingerprint density at radius 3 is 2.75 bits per heavy atom. The average molecular weight is 393 g/mol. The van der Waals surface area contributed by atoms with Crippen molar-refractivity contribution in [2.45, 2.75) is 6.92 Å². The fraction of sp³-hybridized carbons (Fsp3) is 0.176. The van der Waals surface area contributed by atoms with E-state index in [1.54, 1.807) is 30.3 Å². The Labute approximate surface area is 148 Å². The Balaban J connectivity index is 2.06. The minimum Gasteiger partial charge on any atom is -0.507 e. The second-order valence-electron chi connectivity index (χ2n) is 4.71. The quantitative estimate of drug-likeness (QED) is 0.583. The number of rotatable bonds is 6. The van der Waals surface area contributed by atoms with Gasteiger partial charge < -0.3 is 14.6 Å². The first-order valence-electron chi connectivity index (χ1n) is 7.18. The third-order valence-electron chi connectivity index (χ3n) is 3.08. The molecule has 2 aromatic carbocycles. The summed E-state index contributed by atoms with van der Waals surface area (Å²) in [6.45, 7) is 2.38. The topological polar surface area (TPSA) is 80.2 Å². The van der Waals surface area contributed by atoms with E-state index in [1.807, 2.05) is 6.92 Å². The van der Waals surface area contributed by atoms with E-state index >= 15 is 0 Å². The minimum absolute atomic E-state index is 0.137. The molecule has 6 nitrogen and oxygen atoms in total. The van der Waals surface area contributed by atoms with Gasteiger partial charge in [0.2, 0.25) is 0 Å². The molecule has 0 spiro atoms. The molecule has 0 fully saturated rings. The van der Waals surface area contributed by atoms with Crippen LogP contribution in [0.15, 0.2) is 46.0 Å². The van der Waals surface area contributed by atoms with Gasteiger partial charge in [-0.2, -0.15) is 5.10 Å². The highest BCUT2D eigenvalue weighted by Crippen LogP contribution is 2.28. The summed E-state index contributed by atoms with van der Waals surface area (Å²) in [6, 6.07) is 9.80. The van der Waals surface area contributed by atoms with Gasteiger partial charge in [-0.1, -0.05) is 0 Å². The molecule has 0 aliphatic rings. The predicted molar refractivity (Wildman–Crippen MR) is 95.0 cm³/mol. The molecule has 2 N–H and O–H groups in total. The second-order valence-corrected chi connectivity index (χ2v) is 5.56. The van der Waals surface area contributed by atoms with Crippen molar-refractivity contribution in [1.82, 2.24) is 5.43 Å². The van der Waals surface area contributed by atoms with Crippen molar-refractivity contribution in [3.05, 3.63) is 52.0 Å². The first kappa shape index (κ1) is 17.8. The van der Waals surface area contributed by atoms with Crippen LogP contribution in [0.5, 0.6) is 17.2 Å². The van der Waals surface area contributed by atoms with E-state index in [9.17, 15) is 9.90 Å². The number of carbonyl (C=O) groups excluding carboxylic acids is 1. The van der Waals surface area contributed by atoms with E-state index < -0.39 is 0 Å². The molecule has 0 aliphatic carbocycles. The zero-order valence-corrected chi connectivity index (χ0v) is 14.8. The van der Waals surface area contributed by atoms with Gasteiger partial charge >= 0.3 is 0 Å². The number of hydrogen-bond donors (Lipinski definition) is 2. The zero-order valence-electron chi connectivity index (χ0n) is 13.2. The van der Waals surface area contributed by atoms with E-state index in [-0.39, 0.29) is 11.7 Å². The second kappa shape index (κ2) is 8.35. The number of methoxy groups -OCH3 is 1. The zero-order chi connectivity index (χ0) is 17.5. The van der Waals surface area contributed by atoms with Gasteiger partial charge in [-0.3, -0.25) is 4.79 Å². The van der Waals surface area contributed by atoms with E-state index in [0.29, 0.717) is 28.1 Å². The molecular formula is C17H17BrN2O4. The van der Waals surface area contributed by atoms with Crippen LogP contribution in [-0.2, 0) is 0 Å². The largest absolute Gasteiger partial charge is 0.507 e. The van der Waals surface area contributed by atoms with Gasteiger partial charge in [0.05, 0.1) is 24.4 Å². The summed E-state index contributed by atoms with van der Waals surface area (Å²) in [5.74, 6) is 0.827. The molecule has 0 unspecified atom stereocenters. The fourth-order valence-electron chi connectivity index (χ4n) is 1.92. The number of ether oxygens (including phenoxy) is 2. The highest BCUT2D eigenvalue weighted by molar-refractivity contribution is 9.10. The summed E-state index contributed by atoms with van der Waals surface area (Å²) in [5, 5.41) is 13.3. The lowest BCUT2D eigenvalue weighted by molar-refractivity contribution is 0.0954. The Morgan fingerprint density at radius 2 is 2.08 bits per heavy atom. The number of hydrogen-bond acceptors (Lipinski definition) is 5. The molecular weight excluding hydrogens is 376 g/mol. The van der Waals surface area contributed by atoms with Crippen molar-refractivity contribution in [2.75, 3.05) is 13.7 Å². The molecule has 0 heterocycles.